The first-order valence-electron chi connectivity index (χ1n) is 5.76. The fourth-order valence-corrected chi connectivity index (χ4v) is 2.54. The molecule has 0 radical (unpaired) electrons. The van der Waals surface area contributed by atoms with Gasteiger partial charge < -0.3 is 0 Å². The quantitative estimate of drug-likeness (QED) is 0.835. The summed E-state index contributed by atoms with van der Waals surface area (Å²) in [7, 11) is 1.80. The minimum atomic E-state index is 0.0482. The van der Waals surface area contributed by atoms with Crippen LogP contribution in [-0.4, -0.2) is 17.9 Å². The van der Waals surface area contributed by atoms with E-state index in [-0.39, 0.29) is 11.8 Å². The van der Waals surface area contributed by atoms with E-state index in [4.69, 9.17) is 0 Å². The number of nitrogens with zero attached hydrogens (tertiary/aromatic N) is 2. The van der Waals surface area contributed by atoms with Crippen molar-refractivity contribution in [2.24, 2.45) is 5.92 Å². The first-order valence-corrected chi connectivity index (χ1v) is 6.58. The second-order valence-corrected chi connectivity index (χ2v) is 5.18. The van der Waals surface area contributed by atoms with Gasteiger partial charge in [-0.05, 0) is 18.6 Å². The van der Waals surface area contributed by atoms with Crippen molar-refractivity contribution < 1.29 is 4.79 Å². The van der Waals surface area contributed by atoms with Gasteiger partial charge in [0.25, 0.3) is 0 Å². The molecule has 1 unspecified atom stereocenters. The fourth-order valence-electron chi connectivity index (χ4n) is 1.60. The van der Waals surface area contributed by atoms with Crippen LogP contribution in [0.25, 0.3) is 10.2 Å². The van der Waals surface area contributed by atoms with Crippen LogP contribution in [-0.2, 0) is 4.79 Å². The standard InChI is InChI=1S/C13H16N2OS/c1-4-9(2)12(16)15(3)13-14-10-7-5-6-8-11(10)17-13/h5-9H,4H2,1-3H3. The molecule has 90 valence electrons. The molecule has 17 heavy (non-hydrogen) atoms. The minimum absolute atomic E-state index is 0.0482. The average molecular weight is 248 g/mol. The van der Waals surface area contributed by atoms with Gasteiger partial charge in [-0.2, -0.15) is 0 Å². The number of hydrogen-bond acceptors (Lipinski definition) is 3. The Bertz CT molecular complexity index is 502. The van der Waals surface area contributed by atoms with Gasteiger partial charge in [-0.25, -0.2) is 4.98 Å². The third kappa shape index (κ3) is 2.31. The van der Waals surface area contributed by atoms with Crippen LogP contribution in [0, 0.1) is 5.92 Å². The number of fused-ring (bicyclic) bond motifs is 1. The number of aromatic nitrogens is 1. The Balaban J connectivity index is 2.30. The molecule has 0 aliphatic carbocycles. The highest BCUT2D eigenvalue weighted by Crippen LogP contribution is 2.28. The number of hydrogen-bond donors (Lipinski definition) is 0. The van der Waals surface area contributed by atoms with E-state index >= 15 is 0 Å². The molecule has 2 rings (SSSR count). The molecule has 1 aromatic heterocycles. The summed E-state index contributed by atoms with van der Waals surface area (Å²) in [6.07, 6.45) is 0.855. The van der Waals surface area contributed by atoms with Crippen molar-refractivity contribution in [3.05, 3.63) is 24.3 Å². The summed E-state index contributed by atoms with van der Waals surface area (Å²) in [4.78, 5) is 18.2. The predicted octanol–water partition coefficient (Wildman–Crippen LogP) is 3.31. The van der Waals surface area contributed by atoms with E-state index in [1.54, 1.807) is 23.3 Å². The van der Waals surface area contributed by atoms with E-state index in [9.17, 15) is 4.79 Å². The Morgan fingerprint density at radius 3 is 2.82 bits per heavy atom. The number of carbonyl (C=O) groups excluding carboxylic acids is 1. The molecule has 0 aliphatic heterocycles. The molecule has 4 heteroatoms. The summed E-state index contributed by atoms with van der Waals surface area (Å²) in [6.45, 7) is 3.97. The zero-order valence-corrected chi connectivity index (χ0v) is 11.1. The van der Waals surface area contributed by atoms with E-state index < -0.39 is 0 Å². The lowest BCUT2D eigenvalue weighted by molar-refractivity contribution is -0.121. The molecule has 0 bridgehead atoms. The van der Waals surface area contributed by atoms with Crippen molar-refractivity contribution >= 4 is 32.6 Å². The predicted molar refractivity (Wildman–Crippen MR) is 72.5 cm³/mol. The first kappa shape index (κ1) is 12.0. The number of rotatable bonds is 3. The Morgan fingerprint density at radius 1 is 1.47 bits per heavy atom. The van der Waals surface area contributed by atoms with Gasteiger partial charge in [0, 0.05) is 13.0 Å². The third-order valence-electron chi connectivity index (χ3n) is 2.93. The maximum atomic E-state index is 12.0. The fraction of sp³-hybridized carbons (Fsp3) is 0.385. The topological polar surface area (TPSA) is 33.2 Å². The maximum absolute atomic E-state index is 12.0. The van der Waals surface area contributed by atoms with Gasteiger partial charge in [0.2, 0.25) is 5.91 Å². The Kier molecular flexibility index (Phi) is 3.43. The third-order valence-corrected chi connectivity index (χ3v) is 4.05. The molecule has 1 atom stereocenters. The molecule has 0 saturated heterocycles. The normalized spacial score (nSPS) is 12.6. The Labute approximate surface area is 105 Å². The van der Waals surface area contributed by atoms with Gasteiger partial charge in [0.15, 0.2) is 5.13 Å². The molecule has 0 saturated carbocycles. The van der Waals surface area contributed by atoms with Crippen molar-refractivity contribution in [1.82, 2.24) is 4.98 Å². The van der Waals surface area contributed by atoms with Gasteiger partial charge in [0.05, 0.1) is 10.2 Å². The largest absolute Gasteiger partial charge is 0.291 e. The average Bonchev–Trinajstić information content (AvgIpc) is 2.79. The van der Waals surface area contributed by atoms with E-state index in [0.29, 0.717) is 0 Å². The van der Waals surface area contributed by atoms with Gasteiger partial charge in [-0.15, -0.1) is 0 Å². The van der Waals surface area contributed by atoms with Crippen LogP contribution >= 0.6 is 11.3 Å². The van der Waals surface area contributed by atoms with Gasteiger partial charge in [-0.1, -0.05) is 37.3 Å². The smallest absolute Gasteiger partial charge is 0.231 e. The zero-order valence-electron chi connectivity index (χ0n) is 10.3. The van der Waals surface area contributed by atoms with Crippen LogP contribution in [0.5, 0.6) is 0 Å². The highest BCUT2D eigenvalue weighted by atomic mass is 32.1. The summed E-state index contributed by atoms with van der Waals surface area (Å²) in [5, 5.41) is 0.775. The van der Waals surface area contributed by atoms with Crippen LogP contribution in [0.2, 0.25) is 0 Å². The molecular weight excluding hydrogens is 232 g/mol. The van der Waals surface area contributed by atoms with Crippen LogP contribution in [0.3, 0.4) is 0 Å². The molecule has 1 heterocycles. The Morgan fingerprint density at radius 2 is 2.18 bits per heavy atom. The van der Waals surface area contributed by atoms with Crippen LogP contribution < -0.4 is 4.90 Å². The molecule has 0 fully saturated rings. The molecule has 1 amide bonds. The number of amides is 1. The molecular formula is C13H16N2OS. The van der Waals surface area contributed by atoms with E-state index in [1.165, 1.54) is 0 Å². The minimum Gasteiger partial charge on any atom is -0.291 e. The van der Waals surface area contributed by atoms with Crippen molar-refractivity contribution in [3.63, 3.8) is 0 Å². The summed E-state index contributed by atoms with van der Waals surface area (Å²) < 4.78 is 1.12. The van der Waals surface area contributed by atoms with Crippen molar-refractivity contribution in [2.75, 3.05) is 11.9 Å². The molecule has 0 N–H and O–H groups in total. The van der Waals surface area contributed by atoms with Gasteiger partial charge in [-0.3, -0.25) is 9.69 Å². The van der Waals surface area contributed by atoms with Gasteiger partial charge in [0.1, 0.15) is 0 Å². The number of benzene rings is 1. The first-order chi connectivity index (χ1) is 8.13. The summed E-state index contributed by atoms with van der Waals surface area (Å²) >= 11 is 1.56. The second kappa shape index (κ2) is 4.84. The molecule has 3 nitrogen and oxygen atoms in total. The highest BCUT2D eigenvalue weighted by Gasteiger charge is 2.19. The van der Waals surface area contributed by atoms with E-state index in [1.807, 2.05) is 38.1 Å². The van der Waals surface area contributed by atoms with E-state index in [2.05, 4.69) is 4.98 Å². The van der Waals surface area contributed by atoms with Gasteiger partial charge >= 0.3 is 0 Å². The Hall–Kier alpha value is -1.42. The number of carbonyl (C=O) groups is 1. The zero-order chi connectivity index (χ0) is 12.4. The maximum Gasteiger partial charge on any atom is 0.231 e. The molecule has 1 aromatic carbocycles. The molecule has 0 aliphatic rings. The SMILES string of the molecule is CCC(C)C(=O)N(C)c1nc2ccccc2s1. The number of para-hydroxylation sites is 1. The van der Waals surface area contributed by atoms with Crippen LogP contribution in [0.15, 0.2) is 24.3 Å². The van der Waals surface area contributed by atoms with Crippen molar-refractivity contribution in [2.45, 2.75) is 20.3 Å². The number of thiazole rings is 1. The lowest BCUT2D eigenvalue weighted by Crippen LogP contribution is -2.31. The molecule has 0 spiro atoms. The lowest BCUT2D eigenvalue weighted by Gasteiger charge is -2.17. The lowest BCUT2D eigenvalue weighted by atomic mass is 10.1. The summed E-state index contributed by atoms with van der Waals surface area (Å²) in [5.41, 5.74) is 0.955. The van der Waals surface area contributed by atoms with Crippen molar-refractivity contribution in [1.29, 1.82) is 0 Å². The van der Waals surface area contributed by atoms with Crippen LogP contribution in [0.4, 0.5) is 5.13 Å². The summed E-state index contributed by atoms with van der Waals surface area (Å²) in [5.74, 6) is 0.179. The van der Waals surface area contributed by atoms with E-state index in [0.717, 1.165) is 21.8 Å². The summed E-state index contributed by atoms with van der Waals surface area (Å²) in [6, 6.07) is 7.94. The highest BCUT2D eigenvalue weighted by molar-refractivity contribution is 7.22. The monoisotopic (exact) mass is 248 g/mol. The second-order valence-electron chi connectivity index (χ2n) is 4.17. The molecule has 2 aromatic rings. The van der Waals surface area contributed by atoms with Crippen LogP contribution in [0.1, 0.15) is 20.3 Å². The number of anilines is 1. The van der Waals surface area contributed by atoms with Crippen molar-refractivity contribution in [3.8, 4) is 0 Å².